The van der Waals surface area contributed by atoms with E-state index in [1.165, 1.54) is 0 Å². The molecule has 1 aromatic carbocycles. The Hall–Kier alpha value is -2.48. The number of nitrogens with one attached hydrogen (secondary N) is 2. The lowest BCUT2D eigenvalue weighted by Crippen LogP contribution is -2.29. The van der Waals surface area contributed by atoms with Crippen LogP contribution < -0.4 is 10.6 Å². The highest BCUT2D eigenvalue weighted by Gasteiger charge is 2.34. The fraction of sp³-hybridized carbons (Fsp3) is 0.409. The summed E-state index contributed by atoms with van der Waals surface area (Å²) in [5.41, 5.74) is 1.68. The van der Waals surface area contributed by atoms with E-state index >= 15 is 0 Å². The van der Waals surface area contributed by atoms with Crippen molar-refractivity contribution in [1.29, 1.82) is 0 Å². The van der Waals surface area contributed by atoms with Crippen LogP contribution in [-0.2, 0) is 0 Å². The first kappa shape index (κ1) is 20.8. The summed E-state index contributed by atoms with van der Waals surface area (Å²) in [7, 11) is -0.430. The molecule has 30 heavy (non-hydrogen) atoms. The molecule has 1 unspecified atom stereocenters. The van der Waals surface area contributed by atoms with E-state index in [1.807, 2.05) is 34.6 Å². The van der Waals surface area contributed by atoms with Crippen LogP contribution in [0.4, 0.5) is 14.5 Å². The summed E-state index contributed by atoms with van der Waals surface area (Å²) < 4.78 is 28.5. The molecule has 1 aliphatic carbocycles. The molecule has 4 rings (SSSR count). The Labute approximate surface area is 176 Å². The van der Waals surface area contributed by atoms with E-state index < -0.39 is 16.6 Å². The van der Waals surface area contributed by atoms with Gasteiger partial charge in [0, 0.05) is 36.0 Å². The van der Waals surface area contributed by atoms with Crippen LogP contribution in [0, 0.1) is 5.92 Å². The zero-order chi connectivity index (χ0) is 21.3. The lowest BCUT2D eigenvalue weighted by Gasteiger charge is -2.28. The number of carbonyl (C=O) groups is 2. The predicted octanol–water partition coefficient (Wildman–Crippen LogP) is 4.91. The normalized spacial score (nSPS) is 20.8. The van der Waals surface area contributed by atoms with Gasteiger partial charge in [0.1, 0.15) is 5.69 Å². The minimum Gasteiger partial charge on any atom is -0.352 e. The summed E-state index contributed by atoms with van der Waals surface area (Å²) in [6.45, 7) is 2.41. The summed E-state index contributed by atoms with van der Waals surface area (Å²) in [4.78, 5) is 26.1. The minimum atomic E-state index is -2.53. The van der Waals surface area contributed by atoms with Gasteiger partial charge in [-0.15, -0.1) is 0 Å². The molecule has 0 bridgehead atoms. The molecule has 160 valence electrons. The second kappa shape index (κ2) is 8.34. The van der Waals surface area contributed by atoms with Crippen LogP contribution in [0.15, 0.2) is 41.4 Å². The molecule has 2 N–H and O–H groups in total. The number of carbonyl (C=O) groups excluding carboxylic acids is 2. The zero-order valence-electron chi connectivity index (χ0n) is 16.8. The number of alkyl halides is 2. The van der Waals surface area contributed by atoms with Crippen molar-refractivity contribution in [3.05, 3.63) is 47.8 Å². The third-order valence-electron chi connectivity index (χ3n) is 5.77. The van der Waals surface area contributed by atoms with Crippen molar-refractivity contribution in [1.82, 2.24) is 9.29 Å². The molecular weight excluding hydrogens is 408 g/mol. The molecule has 1 fully saturated rings. The van der Waals surface area contributed by atoms with Gasteiger partial charge in [-0.1, -0.05) is 10.7 Å². The average molecular weight is 434 g/mol. The Morgan fingerprint density at radius 1 is 1.33 bits per heavy atom. The second-order valence-corrected chi connectivity index (χ2v) is 9.71. The van der Waals surface area contributed by atoms with Crippen molar-refractivity contribution in [2.45, 2.75) is 49.8 Å². The zero-order valence-corrected chi connectivity index (χ0v) is 17.6. The SMILES string of the molecule is C/C=S1/c2ccc(C(=O)NCCC3CCC(F)(F)CC3)cc2NC(=O)c2cccn21. The first-order valence-electron chi connectivity index (χ1n) is 10.2. The molecule has 0 radical (unpaired) electrons. The number of benzene rings is 1. The Kier molecular flexibility index (Phi) is 5.77. The van der Waals surface area contributed by atoms with Crippen molar-refractivity contribution in [2.75, 3.05) is 11.9 Å². The van der Waals surface area contributed by atoms with Gasteiger partial charge in [0.2, 0.25) is 5.92 Å². The van der Waals surface area contributed by atoms with Gasteiger partial charge < -0.3 is 10.6 Å². The standard InChI is InChI=1S/C22H25F2N3O2S/c1-2-30-19-6-5-16(14-17(19)26-21(29)18-4-3-13-27(18)30)20(28)25-12-9-15-7-10-22(23,24)11-8-15/h2-6,13-15H,7-12H2,1H3,(H,25,28)(H,26,29). The molecule has 2 heterocycles. The lowest BCUT2D eigenvalue weighted by molar-refractivity contribution is -0.0464. The van der Waals surface area contributed by atoms with Crippen LogP contribution >= 0.6 is 10.7 Å². The van der Waals surface area contributed by atoms with E-state index in [-0.39, 0.29) is 30.6 Å². The second-order valence-electron chi connectivity index (χ2n) is 7.78. The highest BCUT2D eigenvalue weighted by molar-refractivity contribution is 8.13. The number of nitrogens with zero attached hydrogens (tertiary/aromatic N) is 1. The molecule has 0 spiro atoms. The maximum atomic E-state index is 13.3. The molecular formula is C22H25F2N3O2S. The first-order chi connectivity index (χ1) is 14.4. The van der Waals surface area contributed by atoms with Crippen molar-refractivity contribution < 1.29 is 18.4 Å². The quantitative estimate of drug-likeness (QED) is 0.673. The topological polar surface area (TPSA) is 63.1 Å². The van der Waals surface area contributed by atoms with E-state index in [9.17, 15) is 18.4 Å². The van der Waals surface area contributed by atoms with Crippen molar-refractivity contribution in [3.63, 3.8) is 0 Å². The lowest BCUT2D eigenvalue weighted by atomic mass is 9.85. The number of hydrogen-bond donors (Lipinski definition) is 2. The highest BCUT2D eigenvalue weighted by atomic mass is 32.2. The van der Waals surface area contributed by atoms with Crippen LogP contribution in [0.5, 0.6) is 0 Å². The smallest absolute Gasteiger partial charge is 0.273 e. The Morgan fingerprint density at radius 3 is 2.83 bits per heavy atom. The Bertz CT molecular complexity index is 1010. The van der Waals surface area contributed by atoms with Crippen LogP contribution in [0.2, 0.25) is 0 Å². The number of hydrogen-bond acceptors (Lipinski definition) is 2. The van der Waals surface area contributed by atoms with E-state index in [4.69, 9.17) is 0 Å². The fourth-order valence-corrected chi connectivity index (χ4v) is 5.87. The maximum Gasteiger partial charge on any atom is 0.273 e. The molecule has 2 amide bonds. The van der Waals surface area contributed by atoms with Gasteiger partial charge in [0.15, 0.2) is 0 Å². The Balaban J connectivity index is 1.43. The molecule has 8 heteroatoms. The number of rotatable bonds is 4. The molecule has 1 atom stereocenters. The van der Waals surface area contributed by atoms with Gasteiger partial charge in [0.25, 0.3) is 11.8 Å². The minimum absolute atomic E-state index is 0.0604. The largest absolute Gasteiger partial charge is 0.352 e. The molecule has 1 aliphatic heterocycles. The maximum absolute atomic E-state index is 13.3. The van der Waals surface area contributed by atoms with Crippen molar-refractivity contribution in [2.24, 2.45) is 5.92 Å². The van der Waals surface area contributed by atoms with Crippen LogP contribution in [0.3, 0.4) is 0 Å². The van der Waals surface area contributed by atoms with E-state index in [0.29, 0.717) is 42.8 Å². The van der Waals surface area contributed by atoms with Gasteiger partial charge in [-0.3, -0.25) is 13.6 Å². The van der Waals surface area contributed by atoms with Gasteiger partial charge in [-0.25, -0.2) is 8.78 Å². The molecule has 1 aromatic heterocycles. The number of fused-ring (bicyclic) bond motifs is 2. The van der Waals surface area contributed by atoms with Gasteiger partial charge in [0.05, 0.1) is 5.69 Å². The molecule has 0 saturated heterocycles. The fourth-order valence-electron chi connectivity index (χ4n) is 4.08. The number of anilines is 1. The summed E-state index contributed by atoms with van der Waals surface area (Å²) in [6, 6.07) is 8.98. The van der Waals surface area contributed by atoms with Crippen LogP contribution in [0.1, 0.15) is 59.9 Å². The van der Waals surface area contributed by atoms with Crippen LogP contribution in [0.25, 0.3) is 0 Å². The number of aromatic nitrogens is 1. The van der Waals surface area contributed by atoms with Crippen molar-refractivity contribution in [3.8, 4) is 0 Å². The van der Waals surface area contributed by atoms with Gasteiger partial charge >= 0.3 is 0 Å². The van der Waals surface area contributed by atoms with Crippen molar-refractivity contribution >= 4 is 33.5 Å². The molecule has 1 saturated carbocycles. The third kappa shape index (κ3) is 4.19. The summed E-state index contributed by atoms with van der Waals surface area (Å²) in [5, 5.41) is 7.84. The van der Waals surface area contributed by atoms with E-state index in [2.05, 4.69) is 10.6 Å². The first-order valence-corrected chi connectivity index (χ1v) is 11.4. The monoisotopic (exact) mass is 433 g/mol. The number of amides is 2. The van der Waals surface area contributed by atoms with E-state index in [1.54, 1.807) is 18.2 Å². The summed E-state index contributed by atoms with van der Waals surface area (Å²) in [5.74, 6) is -2.73. The molecule has 5 nitrogen and oxygen atoms in total. The number of halogens is 2. The van der Waals surface area contributed by atoms with Crippen LogP contribution in [-0.4, -0.2) is 33.6 Å². The van der Waals surface area contributed by atoms with Gasteiger partial charge in [-0.2, -0.15) is 0 Å². The molecule has 2 aliphatic rings. The average Bonchev–Trinajstić information content (AvgIpc) is 3.16. The third-order valence-corrected chi connectivity index (χ3v) is 7.77. The van der Waals surface area contributed by atoms with E-state index in [0.717, 1.165) is 4.90 Å². The predicted molar refractivity (Wildman–Crippen MR) is 116 cm³/mol. The summed E-state index contributed by atoms with van der Waals surface area (Å²) >= 11 is 0. The molecule has 2 aromatic rings. The highest BCUT2D eigenvalue weighted by Crippen LogP contribution is 2.39. The Morgan fingerprint density at radius 2 is 2.10 bits per heavy atom. The van der Waals surface area contributed by atoms with Gasteiger partial charge in [-0.05, 0) is 67.8 Å². The summed E-state index contributed by atoms with van der Waals surface area (Å²) in [6.07, 6.45) is 3.47.